The molecule has 4 rings (SSSR count). The molecule has 0 atom stereocenters. The molecule has 0 spiro atoms. The number of H-pyrrole nitrogens is 1. The zero-order valence-corrected chi connectivity index (χ0v) is 12.6. The standard InChI is InChI=1S/C17H16N6/c18-11-17(5-8-19-9-6-17)15-3-1-2-14(22-15)12-4-7-20-16-13(12)10-21-23-16/h1-4,7,10,19H,5-6,8-9H2,(H,20,21,23). The lowest BCUT2D eigenvalue weighted by Gasteiger charge is -2.30. The lowest BCUT2D eigenvalue weighted by Crippen LogP contribution is -2.39. The fourth-order valence-corrected chi connectivity index (χ4v) is 3.20. The number of nitriles is 1. The molecular formula is C17H16N6. The summed E-state index contributed by atoms with van der Waals surface area (Å²) in [6.07, 6.45) is 5.08. The Bertz CT molecular complexity index is 885. The van der Waals surface area contributed by atoms with Crippen LogP contribution >= 0.6 is 0 Å². The van der Waals surface area contributed by atoms with Gasteiger partial charge in [0.15, 0.2) is 5.65 Å². The van der Waals surface area contributed by atoms with Crippen molar-refractivity contribution in [2.24, 2.45) is 0 Å². The summed E-state index contributed by atoms with van der Waals surface area (Å²) in [7, 11) is 0. The van der Waals surface area contributed by atoms with Crippen LogP contribution in [-0.2, 0) is 5.41 Å². The summed E-state index contributed by atoms with van der Waals surface area (Å²) in [6, 6.07) is 10.4. The molecule has 114 valence electrons. The number of aromatic nitrogens is 4. The second-order valence-corrected chi connectivity index (χ2v) is 5.84. The van der Waals surface area contributed by atoms with Crippen molar-refractivity contribution in [3.05, 3.63) is 42.4 Å². The van der Waals surface area contributed by atoms with E-state index in [9.17, 15) is 5.26 Å². The van der Waals surface area contributed by atoms with Crippen molar-refractivity contribution in [3.8, 4) is 17.3 Å². The maximum atomic E-state index is 9.75. The molecule has 3 aromatic rings. The van der Waals surface area contributed by atoms with Crippen molar-refractivity contribution in [1.29, 1.82) is 5.26 Å². The first-order valence-electron chi connectivity index (χ1n) is 7.70. The van der Waals surface area contributed by atoms with Crippen LogP contribution in [-0.4, -0.2) is 33.3 Å². The van der Waals surface area contributed by atoms with Gasteiger partial charge in [0.25, 0.3) is 0 Å². The van der Waals surface area contributed by atoms with Gasteiger partial charge in [0.1, 0.15) is 5.41 Å². The smallest absolute Gasteiger partial charge is 0.155 e. The van der Waals surface area contributed by atoms with Gasteiger partial charge >= 0.3 is 0 Å². The van der Waals surface area contributed by atoms with Gasteiger partial charge in [0.2, 0.25) is 0 Å². The number of nitrogens with zero attached hydrogens (tertiary/aromatic N) is 4. The third-order valence-corrected chi connectivity index (χ3v) is 4.54. The molecule has 6 nitrogen and oxygen atoms in total. The second kappa shape index (κ2) is 5.45. The molecule has 0 radical (unpaired) electrons. The first-order valence-corrected chi connectivity index (χ1v) is 7.70. The monoisotopic (exact) mass is 304 g/mol. The van der Waals surface area contributed by atoms with Crippen LogP contribution in [0.25, 0.3) is 22.3 Å². The molecule has 0 saturated carbocycles. The van der Waals surface area contributed by atoms with Gasteiger partial charge in [-0.05, 0) is 44.1 Å². The van der Waals surface area contributed by atoms with E-state index in [1.54, 1.807) is 12.4 Å². The van der Waals surface area contributed by atoms with Crippen LogP contribution in [0.2, 0.25) is 0 Å². The SMILES string of the molecule is N#CC1(c2cccc(-c3ccnc4[nH]ncc34)n2)CCNCC1. The van der Waals surface area contributed by atoms with Crippen LogP contribution in [0.5, 0.6) is 0 Å². The Morgan fingerprint density at radius 2 is 2.04 bits per heavy atom. The van der Waals surface area contributed by atoms with E-state index < -0.39 is 5.41 Å². The Hall–Kier alpha value is -2.78. The first-order chi connectivity index (χ1) is 11.3. The normalized spacial score (nSPS) is 17.0. The zero-order valence-electron chi connectivity index (χ0n) is 12.6. The molecular weight excluding hydrogens is 288 g/mol. The quantitative estimate of drug-likeness (QED) is 0.757. The summed E-state index contributed by atoms with van der Waals surface area (Å²) in [6.45, 7) is 1.70. The minimum absolute atomic E-state index is 0.496. The maximum absolute atomic E-state index is 9.75. The van der Waals surface area contributed by atoms with E-state index >= 15 is 0 Å². The molecule has 1 saturated heterocycles. The van der Waals surface area contributed by atoms with Crippen molar-refractivity contribution in [1.82, 2.24) is 25.5 Å². The number of piperidine rings is 1. The Morgan fingerprint density at radius 3 is 2.87 bits per heavy atom. The number of hydrogen-bond donors (Lipinski definition) is 2. The van der Waals surface area contributed by atoms with Gasteiger partial charge in [-0.15, -0.1) is 0 Å². The van der Waals surface area contributed by atoms with E-state index in [2.05, 4.69) is 26.6 Å². The molecule has 3 aromatic heterocycles. The van der Waals surface area contributed by atoms with Crippen LogP contribution in [0, 0.1) is 11.3 Å². The summed E-state index contributed by atoms with van der Waals surface area (Å²) < 4.78 is 0. The van der Waals surface area contributed by atoms with Gasteiger partial charge < -0.3 is 5.32 Å². The summed E-state index contributed by atoms with van der Waals surface area (Å²) in [5.41, 5.74) is 2.93. The zero-order chi connectivity index (χ0) is 15.7. The number of pyridine rings is 2. The fraction of sp³-hybridized carbons (Fsp3) is 0.294. The Balaban J connectivity index is 1.83. The minimum Gasteiger partial charge on any atom is -0.317 e. The topological polar surface area (TPSA) is 90.3 Å². The lowest BCUT2D eigenvalue weighted by molar-refractivity contribution is 0.375. The van der Waals surface area contributed by atoms with Crippen molar-refractivity contribution in [2.45, 2.75) is 18.3 Å². The average Bonchev–Trinajstić information content (AvgIpc) is 3.11. The van der Waals surface area contributed by atoms with Gasteiger partial charge in [-0.3, -0.25) is 10.1 Å². The maximum Gasteiger partial charge on any atom is 0.155 e. The average molecular weight is 304 g/mol. The van der Waals surface area contributed by atoms with Gasteiger partial charge in [-0.25, -0.2) is 4.98 Å². The molecule has 4 heterocycles. The van der Waals surface area contributed by atoms with Gasteiger partial charge in [-0.2, -0.15) is 10.4 Å². The van der Waals surface area contributed by atoms with E-state index in [0.717, 1.165) is 53.9 Å². The van der Waals surface area contributed by atoms with E-state index in [0.29, 0.717) is 0 Å². The van der Waals surface area contributed by atoms with Crippen molar-refractivity contribution >= 4 is 11.0 Å². The van der Waals surface area contributed by atoms with Gasteiger partial charge in [-0.1, -0.05) is 6.07 Å². The van der Waals surface area contributed by atoms with Crippen LogP contribution in [0.4, 0.5) is 0 Å². The second-order valence-electron chi connectivity index (χ2n) is 5.84. The number of nitrogens with one attached hydrogen (secondary N) is 2. The first kappa shape index (κ1) is 13.9. The predicted octanol–water partition coefficient (Wildman–Crippen LogP) is 2.16. The third-order valence-electron chi connectivity index (χ3n) is 4.54. The number of hydrogen-bond acceptors (Lipinski definition) is 5. The largest absolute Gasteiger partial charge is 0.317 e. The predicted molar refractivity (Wildman–Crippen MR) is 86.5 cm³/mol. The molecule has 0 aromatic carbocycles. The summed E-state index contributed by atoms with van der Waals surface area (Å²) in [5.74, 6) is 0. The molecule has 23 heavy (non-hydrogen) atoms. The molecule has 1 aliphatic rings. The fourth-order valence-electron chi connectivity index (χ4n) is 3.20. The Kier molecular flexibility index (Phi) is 3.28. The Morgan fingerprint density at radius 1 is 1.17 bits per heavy atom. The molecule has 2 N–H and O–H groups in total. The highest BCUT2D eigenvalue weighted by atomic mass is 15.1. The molecule has 0 unspecified atom stereocenters. The highest BCUT2D eigenvalue weighted by Gasteiger charge is 2.35. The highest BCUT2D eigenvalue weighted by Crippen LogP contribution is 2.33. The van der Waals surface area contributed by atoms with Crippen LogP contribution in [0.15, 0.2) is 36.7 Å². The number of fused-ring (bicyclic) bond motifs is 1. The van der Waals surface area contributed by atoms with E-state index in [1.807, 2.05) is 24.3 Å². The van der Waals surface area contributed by atoms with Crippen LogP contribution < -0.4 is 5.32 Å². The number of aromatic amines is 1. The van der Waals surface area contributed by atoms with Crippen molar-refractivity contribution in [3.63, 3.8) is 0 Å². The molecule has 0 bridgehead atoms. The van der Waals surface area contributed by atoms with E-state index in [-0.39, 0.29) is 0 Å². The lowest BCUT2D eigenvalue weighted by atomic mass is 9.77. The molecule has 0 aliphatic carbocycles. The molecule has 1 fully saturated rings. The van der Waals surface area contributed by atoms with Crippen molar-refractivity contribution < 1.29 is 0 Å². The highest BCUT2D eigenvalue weighted by molar-refractivity contribution is 5.90. The number of rotatable bonds is 2. The third kappa shape index (κ3) is 2.26. The van der Waals surface area contributed by atoms with E-state index in [1.165, 1.54) is 0 Å². The van der Waals surface area contributed by atoms with E-state index in [4.69, 9.17) is 4.98 Å². The summed E-state index contributed by atoms with van der Waals surface area (Å²) >= 11 is 0. The summed E-state index contributed by atoms with van der Waals surface area (Å²) in [5, 5.41) is 20.9. The Labute approximate surface area is 133 Å². The molecule has 6 heteroatoms. The van der Waals surface area contributed by atoms with Crippen molar-refractivity contribution in [2.75, 3.05) is 13.1 Å². The molecule has 1 aliphatic heterocycles. The summed E-state index contributed by atoms with van der Waals surface area (Å²) in [4.78, 5) is 9.08. The van der Waals surface area contributed by atoms with Gasteiger partial charge in [0, 0.05) is 17.1 Å². The minimum atomic E-state index is -0.496. The molecule has 0 amide bonds. The van der Waals surface area contributed by atoms with Crippen LogP contribution in [0.1, 0.15) is 18.5 Å². The van der Waals surface area contributed by atoms with Gasteiger partial charge in [0.05, 0.1) is 23.7 Å². The van der Waals surface area contributed by atoms with Crippen LogP contribution in [0.3, 0.4) is 0 Å².